The molecular formula is C23H29N3O. The summed E-state index contributed by atoms with van der Waals surface area (Å²) in [4.78, 5) is 17.3. The van der Waals surface area contributed by atoms with Gasteiger partial charge in [-0.2, -0.15) is 0 Å². The maximum atomic E-state index is 12.5. The number of unbranched alkanes of at least 4 members (excludes halogenated alkanes) is 5. The predicted molar refractivity (Wildman–Crippen MR) is 112 cm³/mol. The number of amides is 1. The van der Waals surface area contributed by atoms with Crippen LogP contribution >= 0.6 is 0 Å². The average Bonchev–Trinajstić information content (AvgIpc) is 3.04. The van der Waals surface area contributed by atoms with Crippen molar-refractivity contribution in [2.45, 2.75) is 58.8 Å². The van der Waals surface area contributed by atoms with E-state index < -0.39 is 0 Å². The normalized spacial score (nSPS) is 11.0. The van der Waals surface area contributed by atoms with Crippen LogP contribution < -0.4 is 5.32 Å². The van der Waals surface area contributed by atoms with Crippen LogP contribution in [0.25, 0.3) is 16.9 Å². The van der Waals surface area contributed by atoms with Crippen molar-refractivity contribution in [3.05, 3.63) is 54.2 Å². The fraction of sp³-hybridized carbons (Fsp3) is 0.391. The van der Waals surface area contributed by atoms with Crippen LogP contribution in [0.2, 0.25) is 0 Å². The second-order valence-corrected chi connectivity index (χ2v) is 7.17. The molecule has 0 radical (unpaired) electrons. The van der Waals surface area contributed by atoms with Gasteiger partial charge in [-0.3, -0.25) is 9.20 Å². The summed E-state index contributed by atoms with van der Waals surface area (Å²) in [7, 11) is 0. The van der Waals surface area contributed by atoms with E-state index in [-0.39, 0.29) is 5.91 Å². The molecule has 0 saturated heterocycles. The van der Waals surface area contributed by atoms with Crippen LogP contribution in [0.1, 0.15) is 57.4 Å². The summed E-state index contributed by atoms with van der Waals surface area (Å²) in [5.41, 5.74) is 3.87. The molecule has 3 aromatic rings. The molecule has 0 spiro atoms. The third kappa shape index (κ3) is 4.97. The molecule has 0 bridgehead atoms. The van der Waals surface area contributed by atoms with E-state index in [2.05, 4.69) is 43.4 Å². The Morgan fingerprint density at radius 2 is 1.74 bits per heavy atom. The van der Waals surface area contributed by atoms with E-state index in [1.807, 2.05) is 28.8 Å². The van der Waals surface area contributed by atoms with Crippen LogP contribution in [0.5, 0.6) is 0 Å². The highest BCUT2D eigenvalue weighted by Gasteiger charge is 2.16. The van der Waals surface area contributed by atoms with Gasteiger partial charge in [0.25, 0.3) is 0 Å². The Morgan fingerprint density at radius 3 is 2.52 bits per heavy atom. The van der Waals surface area contributed by atoms with Crippen molar-refractivity contribution in [2.24, 2.45) is 0 Å². The molecule has 1 N–H and O–H groups in total. The summed E-state index contributed by atoms with van der Waals surface area (Å²) in [5, 5.41) is 3.11. The van der Waals surface area contributed by atoms with Gasteiger partial charge in [0.2, 0.25) is 5.91 Å². The number of nitrogens with one attached hydrogen (secondary N) is 1. The zero-order valence-electron chi connectivity index (χ0n) is 16.4. The van der Waals surface area contributed by atoms with Gasteiger partial charge >= 0.3 is 0 Å². The van der Waals surface area contributed by atoms with Crippen molar-refractivity contribution < 1.29 is 4.79 Å². The SMILES string of the molecule is CCCCCCCCC(=O)Nc1c(-c2ccc(C)cc2)nc2ccccn12. The Kier molecular flexibility index (Phi) is 6.64. The molecule has 142 valence electrons. The summed E-state index contributed by atoms with van der Waals surface area (Å²) >= 11 is 0. The first-order valence-corrected chi connectivity index (χ1v) is 10.0. The molecule has 0 aliphatic heterocycles. The van der Waals surface area contributed by atoms with E-state index in [0.29, 0.717) is 6.42 Å². The lowest BCUT2D eigenvalue weighted by Gasteiger charge is -2.08. The second-order valence-electron chi connectivity index (χ2n) is 7.17. The first kappa shape index (κ1) is 19.2. The van der Waals surface area contributed by atoms with Crippen LogP contribution in [0.15, 0.2) is 48.7 Å². The van der Waals surface area contributed by atoms with Crippen molar-refractivity contribution in [1.29, 1.82) is 0 Å². The Bertz CT molecular complexity index is 880. The Morgan fingerprint density at radius 1 is 1.00 bits per heavy atom. The number of carbonyl (C=O) groups excluding carboxylic acids is 1. The highest BCUT2D eigenvalue weighted by molar-refractivity contribution is 5.94. The zero-order chi connectivity index (χ0) is 19.1. The maximum absolute atomic E-state index is 12.5. The molecule has 27 heavy (non-hydrogen) atoms. The van der Waals surface area contributed by atoms with Crippen molar-refractivity contribution in [3.63, 3.8) is 0 Å². The number of carbonyl (C=O) groups is 1. The molecule has 4 nitrogen and oxygen atoms in total. The number of rotatable bonds is 9. The second kappa shape index (κ2) is 9.36. The zero-order valence-corrected chi connectivity index (χ0v) is 16.4. The van der Waals surface area contributed by atoms with Gasteiger partial charge in [0.15, 0.2) is 0 Å². The number of imidazole rings is 1. The third-order valence-corrected chi connectivity index (χ3v) is 4.87. The van der Waals surface area contributed by atoms with Crippen molar-refractivity contribution in [1.82, 2.24) is 9.38 Å². The van der Waals surface area contributed by atoms with E-state index >= 15 is 0 Å². The fourth-order valence-electron chi connectivity index (χ4n) is 3.29. The minimum Gasteiger partial charge on any atom is -0.310 e. The first-order valence-electron chi connectivity index (χ1n) is 10.0. The van der Waals surface area contributed by atoms with Crippen LogP contribution in [0.3, 0.4) is 0 Å². The van der Waals surface area contributed by atoms with Gasteiger partial charge in [-0.15, -0.1) is 0 Å². The number of nitrogens with zero attached hydrogens (tertiary/aromatic N) is 2. The fourth-order valence-corrected chi connectivity index (χ4v) is 3.29. The maximum Gasteiger partial charge on any atom is 0.225 e. The summed E-state index contributed by atoms with van der Waals surface area (Å²) in [6.07, 6.45) is 9.57. The molecule has 4 heteroatoms. The number of pyridine rings is 1. The number of hydrogen-bond acceptors (Lipinski definition) is 2. The number of aryl methyl sites for hydroxylation is 1. The van der Waals surface area contributed by atoms with Crippen molar-refractivity contribution >= 4 is 17.4 Å². The highest BCUT2D eigenvalue weighted by Crippen LogP contribution is 2.29. The number of benzene rings is 1. The average molecular weight is 364 g/mol. The van der Waals surface area contributed by atoms with E-state index in [1.165, 1.54) is 31.2 Å². The molecule has 1 aromatic carbocycles. The predicted octanol–water partition coefficient (Wildman–Crippen LogP) is 6.00. The lowest BCUT2D eigenvalue weighted by atomic mass is 10.1. The Hall–Kier alpha value is -2.62. The standard InChI is InChI=1S/C23H29N3O/c1-3-4-5-6-7-8-12-21(27)25-23-22(19-15-13-18(2)14-16-19)24-20-11-9-10-17-26(20)23/h9-11,13-17H,3-8,12H2,1-2H3,(H,25,27). The van der Waals surface area contributed by atoms with Gasteiger partial charge in [-0.1, -0.05) is 74.9 Å². The largest absolute Gasteiger partial charge is 0.310 e. The number of hydrogen-bond donors (Lipinski definition) is 1. The molecule has 1 amide bonds. The first-order chi connectivity index (χ1) is 13.2. The lowest BCUT2D eigenvalue weighted by Crippen LogP contribution is -2.13. The summed E-state index contributed by atoms with van der Waals surface area (Å²) in [6.45, 7) is 4.28. The molecule has 2 aromatic heterocycles. The molecule has 0 atom stereocenters. The van der Waals surface area contributed by atoms with Gasteiger partial charge in [-0.25, -0.2) is 4.98 Å². The molecule has 0 fully saturated rings. The Labute approximate surface area is 161 Å². The van der Waals surface area contributed by atoms with Crippen LogP contribution in [0, 0.1) is 6.92 Å². The summed E-state index contributed by atoms with van der Waals surface area (Å²) in [6, 6.07) is 14.1. The van der Waals surface area contributed by atoms with Crippen LogP contribution in [0.4, 0.5) is 5.82 Å². The molecule has 0 aliphatic carbocycles. The molecule has 0 unspecified atom stereocenters. The smallest absolute Gasteiger partial charge is 0.225 e. The van der Waals surface area contributed by atoms with E-state index in [0.717, 1.165) is 35.6 Å². The minimum atomic E-state index is 0.0597. The molecular weight excluding hydrogens is 334 g/mol. The Balaban J connectivity index is 1.73. The number of fused-ring (bicyclic) bond motifs is 1. The van der Waals surface area contributed by atoms with Crippen LogP contribution in [-0.2, 0) is 4.79 Å². The van der Waals surface area contributed by atoms with E-state index in [9.17, 15) is 4.79 Å². The van der Waals surface area contributed by atoms with Crippen LogP contribution in [-0.4, -0.2) is 15.3 Å². The van der Waals surface area contributed by atoms with Gasteiger partial charge in [0, 0.05) is 18.2 Å². The summed E-state index contributed by atoms with van der Waals surface area (Å²) in [5.74, 6) is 0.815. The van der Waals surface area contributed by atoms with Gasteiger partial charge in [-0.05, 0) is 25.5 Å². The quantitative estimate of drug-likeness (QED) is 0.474. The van der Waals surface area contributed by atoms with Crippen molar-refractivity contribution in [2.75, 3.05) is 5.32 Å². The van der Waals surface area contributed by atoms with E-state index in [1.54, 1.807) is 0 Å². The lowest BCUT2D eigenvalue weighted by molar-refractivity contribution is -0.116. The third-order valence-electron chi connectivity index (χ3n) is 4.87. The highest BCUT2D eigenvalue weighted by atomic mass is 16.1. The minimum absolute atomic E-state index is 0.0597. The van der Waals surface area contributed by atoms with Gasteiger partial charge in [0.05, 0.1) is 0 Å². The summed E-state index contributed by atoms with van der Waals surface area (Å²) < 4.78 is 1.95. The number of anilines is 1. The van der Waals surface area contributed by atoms with E-state index in [4.69, 9.17) is 4.98 Å². The molecule has 2 heterocycles. The molecule has 0 aliphatic rings. The number of aromatic nitrogens is 2. The van der Waals surface area contributed by atoms with Gasteiger partial charge < -0.3 is 5.32 Å². The van der Waals surface area contributed by atoms with Gasteiger partial charge in [0.1, 0.15) is 17.2 Å². The molecule has 3 rings (SSSR count). The molecule has 0 saturated carbocycles. The topological polar surface area (TPSA) is 46.4 Å². The van der Waals surface area contributed by atoms with Crippen molar-refractivity contribution in [3.8, 4) is 11.3 Å². The monoisotopic (exact) mass is 363 g/mol.